The van der Waals surface area contributed by atoms with E-state index in [1.165, 1.54) is 16.7 Å². The molecule has 2 aromatic carbocycles. The fraction of sp³-hybridized carbons (Fsp3) is 0.167. The van der Waals surface area contributed by atoms with Crippen LogP contribution in [0.5, 0.6) is 0 Å². The summed E-state index contributed by atoms with van der Waals surface area (Å²) in [5.41, 5.74) is 1.16. The first-order valence-electron chi connectivity index (χ1n) is 7.40. The number of nitriles is 1. The Hall–Kier alpha value is -2.49. The Morgan fingerprint density at radius 1 is 1.24 bits per heavy atom. The second-order valence-corrected chi connectivity index (χ2v) is 6.72. The van der Waals surface area contributed by atoms with Crippen LogP contribution in [0.15, 0.2) is 53.4 Å². The zero-order valence-electron chi connectivity index (χ0n) is 13.5. The molecule has 2 aromatic rings. The lowest BCUT2D eigenvalue weighted by molar-refractivity contribution is -0.131. The molecular weight excluding hydrogens is 358 g/mol. The van der Waals surface area contributed by atoms with Crippen molar-refractivity contribution < 1.29 is 9.59 Å². The molecule has 0 heterocycles. The number of halogens is 1. The predicted molar refractivity (Wildman–Crippen MR) is 99.6 cm³/mol. The topological polar surface area (TPSA) is 73.2 Å². The summed E-state index contributed by atoms with van der Waals surface area (Å²) in [7, 11) is 1.58. The van der Waals surface area contributed by atoms with Gasteiger partial charge in [-0.3, -0.25) is 9.59 Å². The monoisotopic (exact) mass is 373 g/mol. The van der Waals surface area contributed by atoms with Gasteiger partial charge in [-0.2, -0.15) is 5.26 Å². The second kappa shape index (κ2) is 9.11. The predicted octanol–water partition coefficient (Wildman–Crippen LogP) is 3.40. The summed E-state index contributed by atoms with van der Waals surface area (Å²) in [4.78, 5) is 26.4. The molecule has 2 amide bonds. The lowest BCUT2D eigenvalue weighted by Crippen LogP contribution is -2.35. The maximum absolute atomic E-state index is 12.1. The molecule has 0 unspecified atom stereocenters. The van der Waals surface area contributed by atoms with Crippen LogP contribution in [0.1, 0.15) is 5.56 Å². The summed E-state index contributed by atoms with van der Waals surface area (Å²) >= 11 is 7.23. The maximum atomic E-state index is 12.1. The normalized spacial score (nSPS) is 9.96. The van der Waals surface area contributed by atoms with Crippen LogP contribution in [0.3, 0.4) is 0 Å². The highest BCUT2D eigenvalue weighted by Gasteiger charge is 2.13. The first-order chi connectivity index (χ1) is 12.0. The van der Waals surface area contributed by atoms with Gasteiger partial charge in [-0.15, -0.1) is 11.8 Å². The van der Waals surface area contributed by atoms with Crippen molar-refractivity contribution in [3.05, 3.63) is 59.1 Å². The Labute approximate surface area is 155 Å². The zero-order valence-corrected chi connectivity index (χ0v) is 15.1. The second-order valence-electron chi connectivity index (χ2n) is 5.23. The van der Waals surface area contributed by atoms with Crippen LogP contribution in [-0.2, 0) is 9.59 Å². The van der Waals surface area contributed by atoms with E-state index < -0.39 is 0 Å². The van der Waals surface area contributed by atoms with Gasteiger partial charge in [-0.05, 0) is 42.5 Å². The highest BCUT2D eigenvalue weighted by Crippen LogP contribution is 2.19. The minimum atomic E-state index is -0.290. The summed E-state index contributed by atoms with van der Waals surface area (Å²) in [6, 6.07) is 15.9. The number of hydrogen-bond acceptors (Lipinski definition) is 4. The molecule has 0 fully saturated rings. The van der Waals surface area contributed by atoms with Crippen molar-refractivity contribution in [3.8, 4) is 6.07 Å². The van der Waals surface area contributed by atoms with E-state index in [1.54, 1.807) is 55.6 Å². The molecule has 0 atom stereocenters. The van der Waals surface area contributed by atoms with Crippen molar-refractivity contribution in [3.63, 3.8) is 0 Å². The minimum absolute atomic E-state index is 0.0424. The number of benzene rings is 2. The van der Waals surface area contributed by atoms with Crippen molar-refractivity contribution >= 4 is 40.9 Å². The van der Waals surface area contributed by atoms with Gasteiger partial charge in [0, 0.05) is 22.7 Å². The SMILES string of the molecule is CN(CC(=O)Nc1cccc(Cl)c1)C(=O)CSc1ccc(C#N)cc1. The van der Waals surface area contributed by atoms with Gasteiger partial charge in [0.25, 0.3) is 0 Å². The fourth-order valence-corrected chi connectivity index (χ4v) is 2.98. The van der Waals surface area contributed by atoms with Crippen molar-refractivity contribution in [2.24, 2.45) is 0 Å². The molecule has 0 aliphatic rings. The number of anilines is 1. The highest BCUT2D eigenvalue weighted by atomic mass is 35.5. The van der Waals surface area contributed by atoms with Gasteiger partial charge in [0.2, 0.25) is 11.8 Å². The number of nitrogens with one attached hydrogen (secondary N) is 1. The van der Waals surface area contributed by atoms with Crippen LogP contribution in [0.25, 0.3) is 0 Å². The van der Waals surface area contributed by atoms with Crippen LogP contribution < -0.4 is 5.32 Å². The van der Waals surface area contributed by atoms with Crippen LogP contribution in [0, 0.1) is 11.3 Å². The van der Waals surface area contributed by atoms with Gasteiger partial charge in [0.05, 0.1) is 23.9 Å². The van der Waals surface area contributed by atoms with Crippen molar-refractivity contribution in [1.82, 2.24) is 4.90 Å². The third-order valence-electron chi connectivity index (χ3n) is 3.26. The fourth-order valence-electron chi connectivity index (χ4n) is 1.95. The van der Waals surface area contributed by atoms with Crippen molar-refractivity contribution in [2.75, 3.05) is 24.7 Å². The van der Waals surface area contributed by atoms with Gasteiger partial charge in [0.15, 0.2) is 0 Å². The van der Waals surface area contributed by atoms with Gasteiger partial charge in [0.1, 0.15) is 0 Å². The Morgan fingerprint density at radius 2 is 1.96 bits per heavy atom. The summed E-state index contributed by atoms with van der Waals surface area (Å²) in [5.74, 6) is -0.232. The van der Waals surface area contributed by atoms with Gasteiger partial charge >= 0.3 is 0 Å². The molecule has 7 heteroatoms. The number of amides is 2. The standard InChI is InChI=1S/C18H16ClN3O2S/c1-22(11-17(23)21-15-4-2-3-14(19)9-15)18(24)12-25-16-7-5-13(10-20)6-8-16/h2-9H,11-12H2,1H3,(H,21,23). The summed E-state index contributed by atoms with van der Waals surface area (Å²) < 4.78 is 0. The summed E-state index contributed by atoms with van der Waals surface area (Å²) in [6.07, 6.45) is 0. The molecule has 2 rings (SSSR count). The van der Waals surface area contributed by atoms with E-state index in [2.05, 4.69) is 5.32 Å². The molecule has 0 radical (unpaired) electrons. The highest BCUT2D eigenvalue weighted by molar-refractivity contribution is 8.00. The Kier molecular flexibility index (Phi) is 6.87. The molecule has 0 aliphatic heterocycles. The van der Waals surface area contributed by atoms with Gasteiger partial charge in [-0.1, -0.05) is 17.7 Å². The van der Waals surface area contributed by atoms with Crippen LogP contribution >= 0.6 is 23.4 Å². The van der Waals surface area contributed by atoms with Gasteiger partial charge < -0.3 is 10.2 Å². The average molecular weight is 374 g/mol. The van der Waals surface area contributed by atoms with E-state index in [0.717, 1.165) is 4.90 Å². The molecule has 0 aliphatic carbocycles. The molecule has 1 N–H and O–H groups in total. The maximum Gasteiger partial charge on any atom is 0.243 e. The van der Waals surface area contributed by atoms with Crippen LogP contribution in [0.2, 0.25) is 5.02 Å². The Balaban J connectivity index is 1.80. The molecule has 0 saturated heterocycles. The lowest BCUT2D eigenvalue weighted by atomic mass is 10.2. The molecule has 5 nitrogen and oxygen atoms in total. The number of thioether (sulfide) groups is 1. The van der Waals surface area contributed by atoms with E-state index in [4.69, 9.17) is 16.9 Å². The quantitative estimate of drug-likeness (QED) is 0.787. The molecule has 0 bridgehead atoms. The summed E-state index contributed by atoms with van der Waals surface area (Å²) in [5, 5.41) is 12.0. The van der Waals surface area contributed by atoms with Gasteiger partial charge in [-0.25, -0.2) is 0 Å². The third-order valence-corrected chi connectivity index (χ3v) is 4.49. The Morgan fingerprint density at radius 3 is 2.60 bits per heavy atom. The average Bonchev–Trinajstić information content (AvgIpc) is 2.59. The zero-order chi connectivity index (χ0) is 18.2. The van der Waals surface area contributed by atoms with E-state index >= 15 is 0 Å². The van der Waals surface area contributed by atoms with E-state index in [0.29, 0.717) is 16.3 Å². The number of nitrogens with zero attached hydrogens (tertiary/aromatic N) is 2. The molecule has 25 heavy (non-hydrogen) atoms. The third kappa shape index (κ3) is 6.14. The number of carbonyl (C=O) groups excluding carboxylic acids is 2. The molecule has 0 aromatic heterocycles. The van der Waals surface area contributed by atoms with Crippen LogP contribution in [-0.4, -0.2) is 36.1 Å². The van der Waals surface area contributed by atoms with E-state index in [1.807, 2.05) is 6.07 Å². The summed E-state index contributed by atoms with van der Waals surface area (Å²) in [6.45, 7) is -0.0424. The Bertz CT molecular complexity index is 803. The lowest BCUT2D eigenvalue weighted by Gasteiger charge is -2.16. The number of hydrogen-bond donors (Lipinski definition) is 1. The number of likely N-dealkylation sites (N-methyl/N-ethyl adjacent to an activating group) is 1. The van der Waals surface area contributed by atoms with Crippen LogP contribution in [0.4, 0.5) is 5.69 Å². The largest absolute Gasteiger partial charge is 0.336 e. The first kappa shape index (κ1) is 18.8. The first-order valence-corrected chi connectivity index (χ1v) is 8.76. The minimum Gasteiger partial charge on any atom is -0.336 e. The molecule has 0 spiro atoms. The smallest absolute Gasteiger partial charge is 0.243 e. The number of carbonyl (C=O) groups is 2. The van der Waals surface area contributed by atoms with Crippen molar-refractivity contribution in [2.45, 2.75) is 4.90 Å². The van der Waals surface area contributed by atoms with E-state index in [9.17, 15) is 9.59 Å². The van der Waals surface area contributed by atoms with Crippen molar-refractivity contribution in [1.29, 1.82) is 5.26 Å². The molecular formula is C18H16ClN3O2S. The molecule has 0 saturated carbocycles. The number of rotatable bonds is 6. The van der Waals surface area contributed by atoms with E-state index in [-0.39, 0.29) is 24.1 Å². The molecule has 128 valence electrons.